The number of sulfonamides is 1. The summed E-state index contributed by atoms with van der Waals surface area (Å²) in [4.78, 5) is 17.9. The molecule has 0 aliphatic rings. The van der Waals surface area contributed by atoms with Crippen LogP contribution in [0.5, 0.6) is 0 Å². The number of hydrogen-bond donors (Lipinski definition) is 1. The molecule has 1 N–H and O–H groups in total. The van der Waals surface area contributed by atoms with Crippen LogP contribution in [0.1, 0.15) is 20.1 Å². The second kappa shape index (κ2) is 8.66. The fourth-order valence-electron chi connectivity index (χ4n) is 2.42. The van der Waals surface area contributed by atoms with E-state index >= 15 is 0 Å². The molecular weight excluding hydrogens is 370 g/mol. The maximum absolute atomic E-state index is 12.6. The van der Waals surface area contributed by atoms with Gasteiger partial charge in [0.1, 0.15) is 0 Å². The third kappa shape index (κ3) is 6.12. The zero-order valence-corrected chi connectivity index (χ0v) is 17.2. The first-order valence-electron chi connectivity index (χ1n) is 8.21. The van der Waals surface area contributed by atoms with Gasteiger partial charge in [-0.25, -0.2) is 13.1 Å². The summed E-state index contributed by atoms with van der Waals surface area (Å²) < 4.78 is 24.6. The van der Waals surface area contributed by atoms with Gasteiger partial charge in [-0.05, 0) is 36.2 Å². The number of carbonyl (C=O) groups excluding carboxylic acids is 1. The van der Waals surface area contributed by atoms with Gasteiger partial charge in [-0.3, -0.25) is 4.79 Å². The number of carbonyl (C=O) groups is 1. The molecule has 0 aliphatic heterocycles. The lowest BCUT2D eigenvalue weighted by Gasteiger charge is -2.17. The molecule has 0 fully saturated rings. The first-order valence-corrected chi connectivity index (χ1v) is 10.9. The Morgan fingerprint density at radius 1 is 1.08 bits per heavy atom. The van der Waals surface area contributed by atoms with Gasteiger partial charge in [-0.15, -0.1) is 11.3 Å². The van der Waals surface area contributed by atoms with Crippen LogP contribution in [0.4, 0.5) is 5.69 Å². The molecule has 1 heterocycles. The summed E-state index contributed by atoms with van der Waals surface area (Å²) in [6, 6.07) is 11.8. The molecule has 0 radical (unpaired) electrons. The molecule has 1 aromatic heterocycles. The van der Waals surface area contributed by atoms with Crippen molar-refractivity contribution in [1.82, 2.24) is 9.62 Å². The van der Waals surface area contributed by atoms with Crippen LogP contribution in [0.15, 0.2) is 36.4 Å². The van der Waals surface area contributed by atoms with Crippen LogP contribution in [0.25, 0.3) is 0 Å². The van der Waals surface area contributed by atoms with Gasteiger partial charge < -0.3 is 9.80 Å². The van der Waals surface area contributed by atoms with E-state index in [-0.39, 0.29) is 5.91 Å². The van der Waals surface area contributed by atoms with Gasteiger partial charge in [0.05, 0.1) is 11.1 Å². The molecule has 142 valence electrons. The molecule has 0 unspecified atom stereocenters. The average molecular weight is 396 g/mol. The van der Waals surface area contributed by atoms with Crippen LogP contribution in [0, 0.1) is 0 Å². The van der Waals surface area contributed by atoms with Crippen molar-refractivity contribution >= 4 is 33.0 Å². The molecule has 0 aliphatic carbocycles. The lowest BCUT2D eigenvalue weighted by Crippen LogP contribution is -2.25. The molecule has 1 aromatic carbocycles. The highest BCUT2D eigenvalue weighted by Gasteiger charge is 2.15. The van der Waals surface area contributed by atoms with Crippen molar-refractivity contribution in [3.05, 3.63) is 51.7 Å². The SMILES string of the molecule is CN(Cc1ccc(N(C)C)cc1)C(=O)c1ccc(CCNS(C)(=O)=O)s1. The Morgan fingerprint density at radius 2 is 1.73 bits per heavy atom. The number of benzene rings is 1. The quantitative estimate of drug-likeness (QED) is 0.744. The van der Waals surface area contributed by atoms with Gasteiger partial charge in [0.2, 0.25) is 10.0 Å². The smallest absolute Gasteiger partial charge is 0.263 e. The zero-order chi connectivity index (χ0) is 19.3. The van der Waals surface area contributed by atoms with Crippen molar-refractivity contribution in [2.75, 3.05) is 38.8 Å². The molecule has 2 aromatic rings. The molecule has 1 amide bonds. The molecule has 0 saturated heterocycles. The first-order chi connectivity index (χ1) is 12.2. The molecule has 26 heavy (non-hydrogen) atoms. The number of rotatable bonds is 8. The van der Waals surface area contributed by atoms with Crippen LogP contribution < -0.4 is 9.62 Å². The fourth-order valence-corrected chi connectivity index (χ4v) is 3.89. The summed E-state index contributed by atoms with van der Waals surface area (Å²) in [5, 5.41) is 0. The van der Waals surface area contributed by atoms with Crippen LogP contribution >= 0.6 is 11.3 Å². The number of anilines is 1. The molecule has 0 spiro atoms. The van der Waals surface area contributed by atoms with Crippen LogP contribution in [-0.2, 0) is 23.0 Å². The monoisotopic (exact) mass is 395 g/mol. The summed E-state index contributed by atoms with van der Waals surface area (Å²) in [6.07, 6.45) is 1.71. The largest absolute Gasteiger partial charge is 0.378 e. The average Bonchev–Trinajstić information content (AvgIpc) is 3.02. The lowest BCUT2D eigenvalue weighted by atomic mass is 10.2. The van der Waals surface area contributed by atoms with E-state index in [1.807, 2.05) is 49.3 Å². The molecular formula is C18H25N3O3S2. The minimum atomic E-state index is -3.18. The number of hydrogen-bond acceptors (Lipinski definition) is 5. The van der Waals surface area contributed by atoms with Gasteiger partial charge in [0, 0.05) is 44.8 Å². The Balaban J connectivity index is 1.93. The Kier molecular flexibility index (Phi) is 6.80. The van der Waals surface area contributed by atoms with Crippen molar-refractivity contribution < 1.29 is 13.2 Å². The predicted octanol–water partition coefficient (Wildman–Crippen LogP) is 2.18. The lowest BCUT2D eigenvalue weighted by molar-refractivity contribution is 0.0790. The van der Waals surface area contributed by atoms with Crippen molar-refractivity contribution in [3.8, 4) is 0 Å². The predicted molar refractivity (Wildman–Crippen MR) is 107 cm³/mol. The Bertz CT molecular complexity index is 843. The first kappa shape index (κ1) is 20.4. The van der Waals surface area contributed by atoms with E-state index in [4.69, 9.17) is 0 Å². The fraction of sp³-hybridized carbons (Fsp3) is 0.389. The maximum atomic E-state index is 12.6. The van der Waals surface area contributed by atoms with Crippen LogP contribution in [0.3, 0.4) is 0 Å². The zero-order valence-electron chi connectivity index (χ0n) is 15.5. The highest BCUT2D eigenvalue weighted by molar-refractivity contribution is 7.88. The number of nitrogens with zero attached hydrogens (tertiary/aromatic N) is 2. The minimum absolute atomic E-state index is 0.0333. The summed E-state index contributed by atoms with van der Waals surface area (Å²) in [6.45, 7) is 0.871. The summed E-state index contributed by atoms with van der Waals surface area (Å²) in [5.74, 6) is -0.0333. The topological polar surface area (TPSA) is 69.7 Å². The van der Waals surface area contributed by atoms with Gasteiger partial charge >= 0.3 is 0 Å². The van der Waals surface area contributed by atoms with Crippen LogP contribution in [-0.4, -0.2) is 53.2 Å². The Hall–Kier alpha value is -1.90. The minimum Gasteiger partial charge on any atom is -0.378 e. The second-order valence-corrected chi connectivity index (χ2v) is 9.41. The van der Waals surface area contributed by atoms with E-state index in [1.54, 1.807) is 18.0 Å². The van der Waals surface area contributed by atoms with E-state index < -0.39 is 10.0 Å². The molecule has 2 rings (SSSR count). The Labute approximate surface area is 159 Å². The number of thiophene rings is 1. The van der Waals surface area contributed by atoms with Crippen molar-refractivity contribution in [3.63, 3.8) is 0 Å². The van der Waals surface area contributed by atoms with Gasteiger partial charge in [-0.1, -0.05) is 12.1 Å². The third-order valence-corrected chi connectivity index (χ3v) is 5.69. The molecule has 6 nitrogen and oxygen atoms in total. The Morgan fingerprint density at radius 3 is 2.31 bits per heavy atom. The van der Waals surface area contributed by atoms with Crippen molar-refractivity contribution in [2.45, 2.75) is 13.0 Å². The van der Waals surface area contributed by atoms with Crippen molar-refractivity contribution in [2.24, 2.45) is 0 Å². The van der Waals surface area contributed by atoms with Gasteiger partial charge in [0.25, 0.3) is 5.91 Å². The van der Waals surface area contributed by atoms with E-state index in [0.29, 0.717) is 24.4 Å². The maximum Gasteiger partial charge on any atom is 0.263 e. The number of nitrogens with one attached hydrogen (secondary N) is 1. The highest BCUT2D eigenvalue weighted by Crippen LogP contribution is 2.20. The number of amides is 1. The molecule has 0 saturated carbocycles. The van der Waals surface area contributed by atoms with Crippen molar-refractivity contribution in [1.29, 1.82) is 0 Å². The second-order valence-electron chi connectivity index (χ2n) is 6.40. The van der Waals surface area contributed by atoms with E-state index in [0.717, 1.165) is 22.4 Å². The summed E-state index contributed by atoms with van der Waals surface area (Å²) >= 11 is 1.40. The summed E-state index contributed by atoms with van der Waals surface area (Å²) in [5.41, 5.74) is 2.19. The molecule has 8 heteroatoms. The summed E-state index contributed by atoms with van der Waals surface area (Å²) in [7, 11) is 2.58. The third-order valence-electron chi connectivity index (χ3n) is 3.83. The molecule has 0 atom stereocenters. The van der Waals surface area contributed by atoms with Crippen LogP contribution in [0.2, 0.25) is 0 Å². The van der Waals surface area contributed by atoms with E-state index in [9.17, 15) is 13.2 Å². The molecule has 0 bridgehead atoms. The van der Waals surface area contributed by atoms with E-state index in [2.05, 4.69) is 4.72 Å². The highest BCUT2D eigenvalue weighted by atomic mass is 32.2. The van der Waals surface area contributed by atoms with E-state index in [1.165, 1.54) is 11.3 Å². The van der Waals surface area contributed by atoms with Gasteiger partial charge in [0.15, 0.2) is 0 Å². The van der Waals surface area contributed by atoms with Gasteiger partial charge in [-0.2, -0.15) is 0 Å². The normalized spacial score (nSPS) is 11.4. The standard InChI is InChI=1S/C18H25N3O3S2/c1-20(2)15-7-5-14(6-8-15)13-21(3)18(22)17-10-9-16(25-17)11-12-19-26(4,23)24/h5-10,19H,11-13H2,1-4H3.